The molecule has 0 radical (unpaired) electrons. The highest BCUT2D eigenvalue weighted by Crippen LogP contribution is 2.68. The lowest BCUT2D eigenvalue weighted by Crippen LogP contribution is -2.15. The first-order chi connectivity index (χ1) is 5.63. The molecule has 0 amide bonds. The summed E-state index contributed by atoms with van der Waals surface area (Å²) in [6.45, 7) is 2.00. The van der Waals surface area contributed by atoms with Crippen LogP contribution < -0.4 is 0 Å². The molecule has 12 heavy (non-hydrogen) atoms. The minimum Gasteiger partial charge on any atom is -0.481 e. The number of aliphatic hydroxyl groups excluding tert-OH is 1. The van der Waals surface area contributed by atoms with E-state index in [9.17, 15) is 9.90 Å². The van der Waals surface area contributed by atoms with Gasteiger partial charge in [-0.25, -0.2) is 0 Å². The summed E-state index contributed by atoms with van der Waals surface area (Å²) in [6, 6.07) is 0. The molecule has 4 heteroatoms. The quantitative estimate of drug-likeness (QED) is 0.665. The van der Waals surface area contributed by atoms with Crippen LogP contribution in [0.25, 0.3) is 0 Å². The lowest BCUT2D eigenvalue weighted by molar-refractivity contribution is -0.139. The first kappa shape index (κ1) is 8.38. The van der Waals surface area contributed by atoms with Crippen LogP contribution in [0.3, 0.4) is 0 Å². The van der Waals surface area contributed by atoms with Crippen molar-refractivity contribution in [2.24, 2.45) is 11.8 Å². The van der Waals surface area contributed by atoms with E-state index >= 15 is 0 Å². The Morgan fingerprint density at radius 3 is 2.75 bits per heavy atom. The molecule has 2 fully saturated rings. The summed E-state index contributed by atoms with van der Waals surface area (Å²) in [7, 11) is 0. The maximum Gasteiger partial charge on any atom is 0.308 e. The molecule has 1 saturated heterocycles. The van der Waals surface area contributed by atoms with Crippen molar-refractivity contribution >= 4 is 17.7 Å². The molecule has 3 nitrogen and oxygen atoms in total. The lowest BCUT2D eigenvalue weighted by Gasteiger charge is -2.08. The van der Waals surface area contributed by atoms with Crippen molar-refractivity contribution in [2.45, 2.75) is 24.2 Å². The normalized spacial score (nSPS) is 50.3. The number of rotatable bonds is 2. The highest BCUT2D eigenvalue weighted by Gasteiger charge is 2.73. The average Bonchev–Trinajstić information content (AvgIpc) is 2.61. The summed E-state index contributed by atoms with van der Waals surface area (Å²) in [6.07, 6.45) is 0.465. The molecular formula is C8H12O3S. The van der Waals surface area contributed by atoms with Crippen LogP contribution in [-0.2, 0) is 4.79 Å². The number of carboxylic acid groups (broad SMARTS) is 1. The first-order valence-corrected chi connectivity index (χ1v) is 5.17. The predicted octanol–water partition coefficient (Wildman–Crippen LogP) is 0.574. The van der Waals surface area contributed by atoms with Crippen molar-refractivity contribution in [2.75, 3.05) is 5.75 Å². The van der Waals surface area contributed by atoms with E-state index in [4.69, 9.17) is 5.11 Å². The van der Waals surface area contributed by atoms with Gasteiger partial charge < -0.3 is 10.2 Å². The summed E-state index contributed by atoms with van der Waals surface area (Å²) in [5.41, 5.74) is 0. The van der Waals surface area contributed by atoms with E-state index in [2.05, 4.69) is 0 Å². The van der Waals surface area contributed by atoms with Crippen molar-refractivity contribution in [3.05, 3.63) is 0 Å². The van der Waals surface area contributed by atoms with Gasteiger partial charge in [0.1, 0.15) is 0 Å². The van der Waals surface area contributed by atoms with Gasteiger partial charge in [-0.3, -0.25) is 4.79 Å². The third kappa shape index (κ3) is 0.796. The van der Waals surface area contributed by atoms with Crippen LogP contribution in [0.4, 0.5) is 0 Å². The Kier molecular flexibility index (Phi) is 1.67. The van der Waals surface area contributed by atoms with Gasteiger partial charge in [0.05, 0.1) is 12.0 Å². The van der Waals surface area contributed by atoms with E-state index in [0.717, 1.165) is 6.42 Å². The molecule has 1 saturated carbocycles. The Labute approximate surface area is 75.2 Å². The zero-order valence-electron chi connectivity index (χ0n) is 6.86. The number of carboxylic acids is 1. The van der Waals surface area contributed by atoms with Gasteiger partial charge >= 0.3 is 5.97 Å². The molecule has 0 aromatic heterocycles. The summed E-state index contributed by atoms with van der Waals surface area (Å²) in [5.74, 6) is -0.309. The molecule has 68 valence electrons. The number of thioether (sulfide) groups is 1. The molecular weight excluding hydrogens is 176 g/mol. The van der Waals surface area contributed by atoms with Crippen molar-refractivity contribution in [3.63, 3.8) is 0 Å². The van der Waals surface area contributed by atoms with Crippen LogP contribution >= 0.6 is 11.8 Å². The van der Waals surface area contributed by atoms with Crippen LogP contribution in [-0.4, -0.2) is 32.8 Å². The van der Waals surface area contributed by atoms with E-state index in [1.807, 2.05) is 6.92 Å². The number of fused-ring (bicyclic) bond motifs is 1. The zero-order valence-corrected chi connectivity index (χ0v) is 7.67. The number of aliphatic carboxylic acids is 1. The predicted molar refractivity (Wildman–Crippen MR) is 46.1 cm³/mol. The molecule has 2 unspecified atom stereocenters. The lowest BCUT2D eigenvalue weighted by atomic mass is 10.2. The molecule has 2 aliphatic rings. The Morgan fingerprint density at radius 2 is 2.42 bits per heavy atom. The fourth-order valence-electron chi connectivity index (χ4n) is 2.44. The Balaban J connectivity index is 2.19. The smallest absolute Gasteiger partial charge is 0.308 e. The number of carbonyl (C=O) groups is 1. The monoisotopic (exact) mass is 188 g/mol. The van der Waals surface area contributed by atoms with Crippen LogP contribution in [0.1, 0.15) is 13.3 Å². The van der Waals surface area contributed by atoms with Gasteiger partial charge in [-0.05, 0) is 6.42 Å². The maximum absolute atomic E-state index is 10.8. The van der Waals surface area contributed by atoms with Crippen molar-refractivity contribution in [1.82, 2.24) is 0 Å². The van der Waals surface area contributed by atoms with Gasteiger partial charge in [0.25, 0.3) is 0 Å². The van der Waals surface area contributed by atoms with E-state index in [1.165, 1.54) is 0 Å². The van der Waals surface area contributed by atoms with Crippen molar-refractivity contribution in [1.29, 1.82) is 0 Å². The molecule has 0 bridgehead atoms. The largest absolute Gasteiger partial charge is 0.481 e. The maximum atomic E-state index is 10.8. The second-order valence-corrected chi connectivity index (χ2v) is 4.91. The Morgan fingerprint density at radius 1 is 1.75 bits per heavy atom. The summed E-state index contributed by atoms with van der Waals surface area (Å²) >= 11 is 1.63. The standard InChI is InChI=1S/C8H12O3S/c1-2-8-5(4(9)3-12-8)6(8)7(10)11/h4-6,9H,2-3H2,1H3,(H,10,11)/t4-,5?,6+,8?/m1/s1. The highest BCUT2D eigenvalue weighted by atomic mass is 32.2. The van der Waals surface area contributed by atoms with Crippen LogP contribution in [0.15, 0.2) is 0 Å². The topological polar surface area (TPSA) is 57.5 Å². The fraction of sp³-hybridized carbons (Fsp3) is 0.875. The first-order valence-electron chi connectivity index (χ1n) is 4.18. The minimum atomic E-state index is -0.742. The van der Waals surface area contributed by atoms with E-state index < -0.39 is 12.1 Å². The van der Waals surface area contributed by atoms with E-state index in [-0.39, 0.29) is 16.6 Å². The summed E-state index contributed by atoms with van der Waals surface area (Å²) < 4.78 is -0.120. The molecule has 4 atom stereocenters. The number of aliphatic hydroxyl groups is 1. The van der Waals surface area contributed by atoms with E-state index in [0.29, 0.717) is 5.75 Å². The fourth-order valence-corrected chi connectivity index (χ4v) is 4.18. The van der Waals surface area contributed by atoms with Crippen LogP contribution in [0.2, 0.25) is 0 Å². The SMILES string of the molecule is CCC12SC[C@@H](O)C1[C@H]2C(=O)O. The van der Waals surface area contributed by atoms with Gasteiger partial charge in [-0.15, -0.1) is 0 Å². The molecule has 0 aromatic rings. The zero-order chi connectivity index (χ0) is 8.93. The molecule has 1 aliphatic carbocycles. The van der Waals surface area contributed by atoms with Gasteiger partial charge in [0.2, 0.25) is 0 Å². The second kappa shape index (κ2) is 2.39. The highest BCUT2D eigenvalue weighted by molar-refractivity contribution is 8.01. The molecule has 2 N–H and O–H groups in total. The number of hydrogen-bond donors (Lipinski definition) is 2. The summed E-state index contributed by atoms with van der Waals surface area (Å²) in [5, 5.41) is 18.3. The van der Waals surface area contributed by atoms with Gasteiger partial charge in [-0.1, -0.05) is 6.92 Å². The van der Waals surface area contributed by atoms with Crippen molar-refractivity contribution in [3.8, 4) is 0 Å². The third-order valence-electron chi connectivity index (χ3n) is 3.10. The summed E-state index contributed by atoms with van der Waals surface area (Å²) in [4.78, 5) is 10.8. The van der Waals surface area contributed by atoms with Gasteiger partial charge in [0, 0.05) is 16.4 Å². The van der Waals surface area contributed by atoms with Crippen LogP contribution in [0.5, 0.6) is 0 Å². The van der Waals surface area contributed by atoms with Gasteiger partial charge in [-0.2, -0.15) is 11.8 Å². The van der Waals surface area contributed by atoms with Crippen molar-refractivity contribution < 1.29 is 15.0 Å². The minimum absolute atomic E-state index is 0.0185. The average molecular weight is 188 g/mol. The molecule has 2 rings (SSSR count). The Bertz CT molecular complexity index is 230. The number of hydrogen-bond acceptors (Lipinski definition) is 3. The van der Waals surface area contributed by atoms with E-state index in [1.54, 1.807) is 11.8 Å². The third-order valence-corrected chi connectivity index (χ3v) is 4.96. The van der Waals surface area contributed by atoms with Crippen LogP contribution in [0, 0.1) is 11.8 Å². The Hall–Kier alpha value is -0.220. The van der Waals surface area contributed by atoms with Gasteiger partial charge in [0.15, 0.2) is 0 Å². The molecule has 1 heterocycles. The second-order valence-electron chi connectivity index (χ2n) is 3.53. The molecule has 0 spiro atoms. The molecule has 1 aliphatic heterocycles. The molecule has 0 aromatic carbocycles.